The van der Waals surface area contributed by atoms with Crippen molar-refractivity contribution in [1.82, 2.24) is 0 Å². The fourth-order valence-corrected chi connectivity index (χ4v) is 4.67. The van der Waals surface area contributed by atoms with Crippen LogP contribution in [-0.4, -0.2) is 5.60 Å². The summed E-state index contributed by atoms with van der Waals surface area (Å²) in [7, 11) is 0. The zero-order chi connectivity index (χ0) is 14.9. The van der Waals surface area contributed by atoms with E-state index in [0.29, 0.717) is 4.83 Å². The Bertz CT molecular complexity index is 486. The molecule has 3 rings (SSSR count). The maximum Gasteiger partial charge on any atom is 0.123 e. The van der Waals surface area contributed by atoms with Crippen LogP contribution in [0.2, 0.25) is 0 Å². The number of halogens is 1. The third-order valence-corrected chi connectivity index (χ3v) is 6.25. The lowest BCUT2D eigenvalue weighted by molar-refractivity contribution is 0.138. The normalized spacial score (nSPS) is 23.8. The van der Waals surface area contributed by atoms with Gasteiger partial charge in [0.25, 0.3) is 0 Å². The third kappa shape index (κ3) is 3.64. The van der Waals surface area contributed by atoms with Gasteiger partial charge in [0.15, 0.2) is 0 Å². The maximum atomic E-state index is 6.00. The molecule has 0 aromatic heterocycles. The second-order valence-corrected chi connectivity index (χ2v) is 8.40. The van der Waals surface area contributed by atoms with E-state index in [0.717, 1.165) is 18.1 Å². The molecule has 1 fully saturated rings. The Labute approximate surface area is 137 Å². The second-order valence-electron chi connectivity index (χ2n) is 7.41. The van der Waals surface area contributed by atoms with Gasteiger partial charge in [-0.1, -0.05) is 60.2 Å². The minimum absolute atomic E-state index is 0.0387. The van der Waals surface area contributed by atoms with Crippen molar-refractivity contribution in [3.05, 3.63) is 29.3 Å². The fraction of sp³-hybridized carbons (Fsp3) is 0.684. The lowest BCUT2D eigenvalue weighted by atomic mass is 9.86. The Morgan fingerprint density at radius 2 is 1.76 bits per heavy atom. The van der Waals surface area contributed by atoms with Crippen LogP contribution < -0.4 is 4.74 Å². The van der Waals surface area contributed by atoms with Crippen molar-refractivity contribution in [2.45, 2.75) is 75.6 Å². The average molecular weight is 351 g/mol. The molecule has 0 amide bonds. The Kier molecular flexibility index (Phi) is 4.63. The molecule has 0 bridgehead atoms. The smallest absolute Gasteiger partial charge is 0.123 e. The first kappa shape index (κ1) is 15.4. The minimum atomic E-state index is -0.0387. The van der Waals surface area contributed by atoms with Gasteiger partial charge in [-0.25, -0.2) is 0 Å². The van der Waals surface area contributed by atoms with Gasteiger partial charge in [-0.2, -0.15) is 0 Å². The monoisotopic (exact) mass is 350 g/mol. The quantitative estimate of drug-likeness (QED) is 0.577. The number of fused-ring (bicyclic) bond motifs is 1. The number of alkyl halides is 1. The van der Waals surface area contributed by atoms with Crippen molar-refractivity contribution in [3.8, 4) is 5.75 Å². The topological polar surface area (TPSA) is 9.23 Å². The largest absolute Gasteiger partial charge is 0.487 e. The van der Waals surface area contributed by atoms with E-state index >= 15 is 0 Å². The van der Waals surface area contributed by atoms with Gasteiger partial charge in [-0.15, -0.1) is 0 Å². The highest BCUT2D eigenvalue weighted by Gasteiger charge is 2.31. The fourth-order valence-electron chi connectivity index (χ4n) is 3.85. The predicted octanol–water partition coefficient (Wildman–Crippen LogP) is 6.20. The van der Waals surface area contributed by atoms with Gasteiger partial charge in [-0.3, -0.25) is 0 Å². The molecule has 1 nitrogen and oxygen atoms in total. The van der Waals surface area contributed by atoms with Crippen molar-refractivity contribution < 1.29 is 4.74 Å². The lowest BCUT2D eigenvalue weighted by Crippen LogP contribution is -2.24. The highest BCUT2D eigenvalue weighted by Crippen LogP contribution is 2.42. The standard InChI is InChI=1S/C19H27BrO/c1-19(2)13-16-12-15(10-11-17(16)21-19)18(20)14-8-6-4-3-5-7-9-14/h10-12,14,18H,3-9,13H2,1-2H3. The zero-order valence-electron chi connectivity index (χ0n) is 13.3. The first-order valence-corrected chi connectivity index (χ1v) is 9.43. The van der Waals surface area contributed by atoms with Crippen LogP contribution in [0, 0.1) is 5.92 Å². The van der Waals surface area contributed by atoms with Crippen molar-refractivity contribution >= 4 is 15.9 Å². The Morgan fingerprint density at radius 3 is 2.48 bits per heavy atom. The van der Waals surface area contributed by atoms with Gasteiger partial charge in [0.1, 0.15) is 11.4 Å². The van der Waals surface area contributed by atoms with Crippen molar-refractivity contribution in [1.29, 1.82) is 0 Å². The molecule has 0 saturated heterocycles. The highest BCUT2D eigenvalue weighted by molar-refractivity contribution is 9.09. The van der Waals surface area contributed by atoms with Crippen LogP contribution in [0.25, 0.3) is 0 Å². The van der Waals surface area contributed by atoms with E-state index in [2.05, 4.69) is 48.0 Å². The van der Waals surface area contributed by atoms with Gasteiger partial charge in [0.05, 0.1) is 0 Å². The first-order valence-electron chi connectivity index (χ1n) is 8.51. The summed E-state index contributed by atoms with van der Waals surface area (Å²) in [6.45, 7) is 4.35. The van der Waals surface area contributed by atoms with E-state index in [1.807, 2.05) is 0 Å². The van der Waals surface area contributed by atoms with Gasteiger partial charge < -0.3 is 4.74 Å². The summed E-state index contributed by atoms with van der Waals surface area (Å²) < 4.78 is 6.00. The molecule has 2 aliphatic rings. The predicted molar refractivity (Wildman–Crippen MR) is 92.3 cm³/mol. The van der Waals surface area contributed by atoms with E-state index < -0.39 is 0 Å². The summed E-state index contributed by atoms with van der Waals surface area (Å²) in [6, 6.07) is 6.82. The molecular weight excluding hydrogens is 324 g/mol. The summed E-state index contributed by atoms with van der Waals surface area (Å²) in [6.07, 6.45) is 10.8. The summed E-state index contributed by atoms with van der Waals surface area (Å²) in [5.41, 5.74) is 2.79. The molecule has 1 aliphatic carbocycles. The SMILES string of the molecule is CC1(C)Cc2cc(C(Br)C3CCCCCCC3)ccc2O1. The van der Waals surface area contributed by atoms with Crippen LogP contribution >= 0.6 is 15.9 Å². The van der Waals surface area contributed by atoms with Crippen LogP contribution in [0.4, 0.5) is 0 Å². The highest BCUT2D eigenvalue weighted by atomic mass is 79.9. The third-order valence-electron chi connectivity index (χ3n) is 4.97. The molecule has 1 saturated carbocycles. The molecule has 0 N–H and O–H groups in total. The molecule has 21 heavy (non-hydrogen) atoms. The zero-order valence-corrected chi connectivity index (χ0v) is 14.9. The first-order chi connectivity index (χ1) is 10.1. The maximum absolute atomic E-state index is 6.00. The van der Waals surface area contributed by atoms with E-state index in [9.17, 15) is 0 Å². The van der Waals surface area contributed by atoms with E-state index in [1.165, 1.54) is 56.1 Å². The van der Waals surface area contributed by atoms with Crippen LogP contribution in [0.15, 0.2) is 18.2 Å². The van der Waals surface area contributed by atoms with Gasteiger partial charge in [-0.05, 0) is 49.8 Å². The molecule has 2 heteroatoms. The van der Waals surface area contributed by atoms with Crippen molar-refractivity contribution in [2.75, 3.05) is 0 Å². The molecule has 1 aromatic carbocycles. The number of rotatable bonds is 2. The Morgan fingerprint density at radius 1 is 1.10 bits per heavy atom. The molecule has 1 aliphatic heterocycles. The number of hydrogen-bond acceptors (Lipinski definition) is 1. The molecule has 0 radical (unpaired) electrons. The van der Waals surface area contributed by atoms with Crippen molar-refractivity contribution in [3.63, 3.8) is 0 Å². The lowest BCUT2D eigenvalue weighted by Gasteiger charge is -2.25. The molecule has 0 spiro atoms. The number of hydrogen-bond donors (Lipinski definition) is 0. The minimum Gasteiger partial charge on any atom is -0.487 e. The summed E-state index contributed by atoms with van der Waals surface area (Å²) in [4.78, 5) is 0.504. The van der Waals surface area contributed by atoms with Crippen LogP contribution in [0.3, 0.4) is 0 Å². The number of benzene rings is 1. The molecule has 1 aromatic rings. The van der Waals surface area contributed by atoms with E-state index in [4.69, 9.17) is 4.74 Å². The molecular formula is C19H27BrO. The van der Waals surface area contributed by atoms with Crippen LogP contribution in [0.5, 0.6) is 5.75 Å². The number of ether oxygens (including phenoxy) is 1. The average Bonchev–Trinajstić information content (AvgIpc) is 2.70. The second kappa shape index (κ2) is 6.32. The summed E-state index contributed by atoms with van der Waals surface area (Å²) in [5, 5.41) is 0. The molecule has 1 heterocycles. The van der Waals surface area contributed by atoms with E-state index in [-0.39, 0.29) is 5.60 Å². The Balaban J connectivity index is 1.74. The summed E-state index contributed by atoms with van der Waals surface area (Å²) >= 11 is 4.00. The van der Waals surface area contributed by atoms with Gasteiger partial charge in [0, 0.05) is 11.2 Å². The Hall–Kier alpha value is -0.500. The molecule has 116 valence electrons. The van der Waals surface area contributed by atoms with Crippen LogP contribution in [-0.2, 0) is 6.42 Å². The van der Waals surface area contributed by atoms with E-state index in [1.54, 1.807) is 0 Å². The molecule has 1 unspecified atom stereocenters. The van der Waals surface area contributed by atoms with Crippen molar-refractivity contribution in [2.24, 2.45) is 5.92 Å². The summed E-state index contributed by atoms with van der Waals surface area (Å²) in [5.74, 6) is 1.87. The van der Waals surface area contributed by atoms with Gasteiger partial charge >= 0.3 is 0 Å². The van der Waals surface area contributed by atoms with Crippen LogP contribution in [0.1, 0.15) is 74.7 Å². The van der Waals surface area contributed by atoms with Gasteiger partial charge in [0.2, 0.25) is 0 Å². The molecule has 1 atom stereocenters.